The number of carbonyl (C=O) groups is 5. The molecule has 38 heavy (non-hydrogen) atoms. The normalized spacial score (nSPS) is 11.9. The molecule has 0 aliphatic heterocycles. The van der Waals surface area contributed by atoms with Gasteiger partial charge in [0.25, 0.3) is 0 Å². The van der Waals surface area contributed by atoms with Crippen molar-refractivity contribution in [3.05, 3.63) is 75.7 Å². The summed E-state index contributed by atoms with van der Waals surface area (Å²) < 4.78 is 19.1. The number of carboxylic acid groups (broad SMARTS) is 1. The maximum Gasteiger partial charge on any atom is 0.330 e. The maximum absolute atomic E-state index is 13.9. The summed E-state index contributed by atoms with van der Waals surface area (Å²) in [4.78, 5) is 60.6. The lowest BCUT2D eigenvalue weighted by molar-refractivity contribution is -0.132. The van der Waals surface area contributed by atoms with Gasteiger partial charge >= 0.3 is 5.97 Å². The van der Waals surface area contributed by atoms with Gasteiger partial charge in [-0.15, -0.1) is 11.8 Å². The zero-order valence-corrected chi connectivity index (χ0v) is 22.4. The fraction of sp³-hybridized carbons (Fsp3) is 0.269. The molecule has 0 saturated heterocycles. The summed E-state index contributed by atoms with van der Waals surface area (Å²) in [5, 5.41) is 14.0. The van der Waals surface area contributed by atoms with E-state index >= 15 is 0 Å². The number of nitrogens with one attached hydrogen (secondary N) is 2. The van der Waals surface area contributed by atoms with Crippen LogP contribution in [0.3, 0.4) is 0 Å². The Labute approximate surface area is 227 Å². The first kappa shape index (κ1) is 30.5. The lowest BCUT2D eigenvalue weighted by Gasteiger charge is -2.16. The van der Waals surface area contributed by atoms with Crippen LogP contribution in [0.4, 0.5) is 4.39 Å². The largest absolute Gasteiger partial charge is 0.496 e. The number of benzene rings is 2. The van der Waals surface area contributed by atoms with Gasteiger partial charge in [-0.2, -0.15) is 0 Å². The zero-order chi connectivity index (χ0) is 28.4. The van der Waals surface area contributed by atoms with E-state index in [0.717, 1.165) is 11.8 Å². The standard InChI is InChI=1S/C26H26ClFN2O7S/c1-14(29-24(33)10-17-9-16(15(2)31)7-8-23(17)37-3)26(36)30-21(11-25(34)35)22(32)13-38-12-18-19(27)5-4-6-20(18)28/h4-9,11,14H,10,12-13H2,1-3H3,(H,29,33)(H,30,36)(H,34,35)/b21-11+/t14-/m0/s1. The number of hydrogen-bond acceptors (Lipinski definition) is 7. The number of methoxy groups -OCH3 is 1. The van der Waals surface area contributed by atoms with Crippen LogP contribution in [0.15, 0.2) is 48.2 Å². The number of rotatable bonds is 13. The topological polar surface area (TPSA) is 139 Å². The molecule has 12 heteroatoms. The number of allylic oxidation sites excluding steroid dienone is 1. The van der Waals surface area contributed by atoms with E-state index in [1.165, 1.54) is 45.2 Å². The van der Waals surface area contributed by atoms with Crippen molar-refractivity contribution in [3.8, 4) is 5.75 Å². The fourth-order valence-electron chi connectivity index (χ4n) is 3.21. The van der Waals surface area contributed by atoms with E-state index in [1.54, 1.807) is 12.1 Å². The molecule has 2 amide bonds. The minimum Gasteiger partial charge on any atom is -0.496 e. The smallest absolute Gasteiger partial charge is 0.330 e. The summed E-state index contributed by atoms with van der Waals surface area (Å²) >= 11 is 6.96. The number of carboxylic acids is 1. The molecule has 0 bridgehead atoms. The van der Waals surface area contributed by atoms with Crippen molar-refractivity contribution < 1.29 is 38.2 Å². The lowest BCUT2D eigenvalue weighted by atomic mass is 10.0. The van der Waals surface area contributed by atoms with E-state index in [2.05, 4.69) is 10.6 Å². The first-order valence-electron chi connectivity index (χ1n) is 11.2. The van der Waals surface area contributed by atoms with Crippen molar-refractivity contribution >= 4 is 52.7 Å². The first-order chi connectivity index (χ1) is 17.9. The molecule has 2 aromatic carbocycles. The molecule has 0 saturated carbocycles. The van der Waals surface area contributed by atoms with Gasteiger partial charge in [-0.25, -0.2) is 9.18 Å². The molecule has 2 aromatic rings. The second-order valence-electron chi connectivity index (χ2n) is 8.05. The molecule has 0 spiro atoms. The summed E-state index contributed by atoms with van der Waals surface area (Å²) in [6, 6.07) is 7.68. The summed E-state index contributed by atoms with van der Waals surface area (Å²) in [7, 11) is 1.41. The molecule has 0 aliphatic rings. The summed E-state index contributed by atoms with van der Waals surface area (Å²) in [5.41, 5.74) is 0.517. The first-order valence-corrected chi connectivity index (χ1v) is 12.7. The highest BCUT2D eigenvalue weighted by atomic mass is 35.5. The van der Waals surface area contributed by atoms with Crippen LogP contribution in [0, 0.1) is 5.82 Å². The monoisotopic (exact) mass is 564 g/mol. The van der Waals surface area contributed by atoms with Crippen LogP contribution < -0.4 is 15.4 Å². The zero-order valence-electron chi connectivity index (χ0n) is 20.8. The van der Waals surface area contributed by atoms with Crippen molar-refractivity contribution in [2.45, 2.75) is 32.1 Å². The van der Waals surface area contributed by atoms with Gasteiger partial charge in [0, 0.05) is 27.5 Å². The number of halogens is 2. The molecule has 0 unspecified atom stereocenters. The minimum atomic E-state index is -1.47. The number of aliphatic carboxylic acids is 1. The van der Waals surface area contributed by atoms with Gasteiger partial charge < -0.3 is 20.5 Å². The van der Waals surface area contributed by atoms with Crippen LogP contribution in [0.1, 0.15) is 35.3 Å². The Bertz CT molecular complexity index is 1260. The molecule has 9 nitrogen and oxygen atoms in total. The highest BCUT2D eigenvalue weighted by Gasteiger charge is 2.22. The van der Waals surface area contributed by atoms with Gasteiger partial charge in [0.15, 0.2) is 11.6 Å². The average molecular weight is 565 g/mol. The molecule has 0 heterocycles. The van der Waals surface area contributed by atoms with E-state index in [9.17, 15) is 28.4 Å². The summed E-state index contributed by atoms with van der Waals surface area (Å²) in [6.45, 7) is 2.74. The van der Waals surface area contributed by atoms with E-state index < -0.39 is 41.1 Å². The molecule has 0 aliphatic carbocycles. The van der Waals surface area contributed by atoms with Crippen LogP contribution in [0.5, 0.6) is 5.75 Å². The van der Waals surface area contributed by atoms with Crippen LogP contribution in [-0.2, 0) is 31.4 Å². The average Bonchev–Trinajstić information content (AvgIpc) is 2.84. The van der Waals surface area contributed by atoms with Crippen molar-refractivity contribution in [1.29, 1.82) is 0 Å². The highest BCUT2D eigenvalue weighted by molar-refractivity contribution is 7.99. The van der Waals surface area contributed by atoms with E-state index in [-0.39, 0.29) is 34.3 Å². The highest BCUT2D eigenvalue weighted by Crippen LogP contribution is 2.24. The molecule has 2 rings (SSSR count). The maximum atomic E-state index is 13.9. The minimum absolute atomic E-state index is 0.0479. The summed E-state index contributed by atoms with van der Waals surface area (Å²) in [5.74, 6) is -4.16. The van der Waals surface area contributed by atoms with Gasteiger partial charge in [-0.05, 0) is 44.2 Å². The van der Waals surface area contributed by atoms with Gasteiger partial charge in [0.05, 0.1) is 31.1 Å². The fourth-order valence-corrected chi connectivity index (χ4v) is 4.46. The van der Waals surface area contributed by atoms with Crippen molar-refractivity contribution in [2.75, 3.05) is 12.9 Å². The SMILES string of the molecule is COc1ccc(C(C)=O)cc1CC(=O)N[C@@H](C)C(=O)N/C(=C/C(=O)O)C(=O)CSCc1c(F)cccc1Cl. The number of Topliss-reactive ketones (excluding diaryl/α,β-unsaturated/α-hetero) is 2. The van der Waals surface area contributed by atoms with Gasteiger partial charge in [0.1, 0.15) is 17.6 Å². The molecule has 202 valence electrons. The predicted octanol–water partition coefficient (Wildman–Crippen LogP) is 3.32. The molecule has 0 aromatic heterocycles. The molecule has 0 radical (unpaired) electrons. The molecular formula is C26H26ClFN2O7S. The third-order valence-electron chi connectivity index (χ3n) is 5.18. The van der Waals surface area contributed by atoms with Crippen molar-refractivity contribution in [3.63, 3.8) is 0 Å². The molecular weight excluding hydrogens is 539 g/mol. The third-order valence-corrected chi connectivity index (χ3v) is 6.49. The summed E-state index contributed by atoms with van der Waals surface area (Å²) in [6.07, 6.45) is 0.345. The molecule has 3 N–H and O–H groups in total. The van der Waals surface area contributed by atoms with Gasteiger partial charge in [-0.1, -0.05) is 17.7 Å². The Kier molecular flexibility index (Phi) is 11.5. The second-order valence-corrected chi connectivity index (χ2v) is 9.44. The lowest BCUT2D eigenvalue weighted by Crippen LogP contribution is -2.46. The Balaban J connectivity index is 2.01. The predicted molar refractivity (Wildman–Crippen MR) is 141 cm³/mol. The number of thioether (sulfide) groups is 1. The van der Waals surface area contributed by atoms with Gasteiger partial charge in [0.2, 0.25) is 11.8 Å². The Morgan fingerprint density at radius 1 is 1.18 bits per heavy atom. The van der Waals surface area contributed by atoms with E-state index in [1.807, 2.05) is 0 Å². The van der Waals surface area contributed by atoms with Crippen LogP contribution in [0.2, 0.25) is 5.02 Å². The van der Waals surface area contributed by atoms with Crippen molar-refractivity contribution in [2.24, 2.45) is 0 Å². The molecule has 1 atom stereocenters. The Morgan fingerprint density at radius 2 is 1.89 bits per heavy atom. The number of hydrogen-bond donors (Lipinski definition) is 3. The van der Waals surface area contributed by atoms with Crippen LogP contribution in [0.25, 0.3) is 0 Å². The Morgan fingerprint density at radius 3 is 2.50 bits per heavy atom. The second kappa shape index (κ2) is 14.3. The molecule has 0 fully saturated rings. The quantitative estimate of drug-likeness (QED) is 0.249. The number of ketones is 2. The van der Waals surface area contributed by atoms with E-state index in [0.29, 0.717) is 23.0 Å². The Hall–Kier alpha value is -3.70. The van der Waals surface area contributed by atoms with E-state index in [4.69, 9.17) is 21.4 Å². The van der Waals surface area contributed by atoms with Gasteiger partial charge in [-0.3, -0.25) is 19.2 Å². The number of ether oxygens (including phenoxy) is 1. The number of carbonyl (C=O) groups excluding carboxylic acids is 4. The van der Waals surface area contributed by atoms with Crippen molar-refractivity contribution in [1.82, 2.24) is 10.6 Å². The van der Waals surface area contributed by atoms with Crippen LogP contribution >= 0.6 is 23.4 Å². The van der Waals surface area contributed by atoms with Crippen LogP contribution in [-0.4, -0.2) is 53.4 Å². The third kappa shape index (κ3) is 9.00. The number of amides is 2.